The molecule has 1 aliphatic rings. The van der Waals surface area contributed by atoms with Gasteiger partial charge in [-0.1, -0.05) is 44.2 Å². The molecule has 2 heteroatoms. The van der Waals surface area contributed by atoms with E-state index in [9.17, 15) is 0 Å². The summed E-state index contributed by atoms with van der Waals surface area (Å²) in [6.07, 6.45) is 2.66. The minimum Gasteiger partial charge on any atom is -0.305 e. The summed E-state index contributed by atoms with van der Waals surface area (Å²) >= 11 is 0. The van der Waals surface area contributed by atoms with Crippen LogP contribution in [0.4, 0.5) is 0 Å². The van der Waals surface area contributed by atoms with Crippen LogP contribution in [0.3, 0.4) is 0 Å². The van der Waals surface area contributed by atoms with Gasteiger partial charge in [0.05, 0.1) is 5.54 Å². The van der Waals surface area contributed by atoms with E-state index in [1.165, 1.54) is 31.5 Å². The number of nitrogens with one attached hydrogen (secondary N) is 1. The molecule has 1 N–H and O–H groups in total. The third kappa shape index (κ3) is 4.05. The summed E-state index contributed by atoms with van der Waals surface area (Å²) < 4.78 is 0. The molecule has 1 saturated heterocycles. The molecule has 2 rings (SSSR count). The van der Waals surface area contributed by atoms with Crippen LogP contribution in [-0.2, 0) is 5.54 Å². The molecule has 1 atom stereocenters. The van der Waals surface area contributed by atoms with Gasteiger partial charge in [-0.2, -0.15) is 0 Å². The van der Waals surface area contributed by atoms with Gasteiger partial charge < -0.3 is 5.32 Å². The van der Waals surface area contributed by atoms with Gasteiger partial charge >= 0.3 is 0 Å². The predicted molar refractivity (Wildman–Crippen MR) is 82.3 cm³/mol. The molecule has 0 aliphatic carbocycles. The summed E-state index contributed by atoms with van der Waals surface area (Å²) in [4.78, 5) is 2.62. The number of nitrogens with zero attached hydrogens (tertiary/aromatic N) is 1. The molecule has 106 valence electrons. The Morgan fingerprint density at radius 1 is 1.26 bits per heavy atom. The lowest BCUT2D eigenvalue weighted by Gasteiger charge is -2.42. The average molecular weight is 260 g/mol. The molecule has 2 nitrogen and oxygen atoms in total. The quantitative estimate of drug-likeness (QED) is 0.874. The van der Waals surface area contributed by atoms with Gasteiger partial charge in [-0.3, -0.25) is 4.90 Å². The molecule has 0 spiro atoms. The molecule has 0 amide bonds. The first-order chi connectivity index (χ1) is 9.10. The number of rotatable bonds is 5. The molecule has 1 fully saturated rings. The van der Waals surface area contributed by atoms with Gasteiger partial charge in [-0.25, -0.2) is 0 Å². The number of hydrogen-bond acceptors (Lipinski definition) is 2. The fraction of sp³-hybridized carbons (Fsp3) is 0.647. The van der Waals surface area contributed by atoms with Gasteiger partial charge in [-0.05, 0) is 37.8 Å². The summed E-state index contributed by atoms with van der Waals surface area (Å²) in [5, 5.41) is 3.70. The van der Waals surface area contributed by atoms with Crippen LogP contribution in [0.1, 0.15) is 39.2 Å². The number of benzene rings is 1. The maximum Gasteiger partial charge on any atom is 0.0535 e. The first kappa shape index (κ1) is 14.5. The molecule has 0 radical (unpaired) electrons. The van der Waals surface area contributed by atoms with Crippen molar-refractivity contribution in [2.75, 3.05) is 26.2 Å². The van der Waals surface area contributed by atoms with Crippen molar-refractivity contribution in [3.05, 3.63) is 35.9 Å². The van der Waals surface area contributed by atoms with E-state index in [0.717, 1.165) is 19.0 Å². The minimum absolute atomic E-state index is 0.108. The van der Waals surface area contributed by atoms with E-state index in [1.807, 2.05) is 0 Å². The van der Waals surface area contributed by atoms with E-state index in [-0.39, 0.29) is 5.54 Å². The average Bonchev–Trinajstić information content (AvgIpc) is 2.39. The molecule has 1 aliphatic heterocycles. The second-order valence-corrected chi connectivity index (χ2v) is 6.44. The van der Waals surface area contributed by atoms with Crippen LogP contribution in [-0.4, -0.2) is 31.1 Å². The maximum absolute atomic E-state index is 3.70. The Balaban J connectivity index is 1.93. The Morgan fingerprint density at radius 3 is 2.68 bits per heavy atom. The smallest absolute Gasteiger partial charge is 0.0535 e. The van der Waals surface area contributed by atoms with Gasteiger partial charge in [0.2, 0.25) is 0 Å². The van der Waals surface area contributed by atoms with Crippen molar-refractivity contribution < 1.29 is 0 Å². The van der Waals surface area contributed by atoms with Crippen molar-refractivity contribution in [3.63, 3.8) is 0 Å². The molecule has 1 aromatic rings. The van der Waals surface area contributed by atoms with Gasteiger partial charge in [0.25, 0.3) is 0 Å². The topological polar surface area (TPSA) is 15.3 Å². The fourth-order valence-electron chi connectivity index (χ4n) is 2.99. The molecule has 1 unspecified atom stereocenters. The minimum atomic E-state index is 0.108. The standard InChI is InChI=1S/C17H28N2/c1-15(2)8-7-12-19-13-11-18-17(3,14-19)16-9-5-4-6-10-16/h4-6,9-10,15,18H,7-8,11-14H2,1-3H3. The Kier molecular flexibility index (Phi) is 5.00. The molecule has 0 aromatic heterocycles. The second kappa shape index (κ2) is 6.53. The highest BCUT2D eigenvalue weighted by atomic mass is 15.2. The summed E-state index contributed by atoms with van der Waals surface area (Å²) in [6.45, 7) is 11.6. The Hall–Kier alpha value is -0.860. The lowest BCUT2D eigenvalue weighted by Crippen LogP contribution is -2.56. The van der Waals surface area contributed by atoms with E-state index in [4.69, 9.17) is 0 Å². The summed E-state index contributed by atoms with van der Waals surface area (Å²) in [5.41, 5.74) is 1.51. The van der Waals surface area contributed by atoms with E-state index in [0.29, 0.717) is 0 Å². The molecular weight excluding hydrogens is 232 g/mol. The highest BCUT2D eigenvalue weighted by molar-refractivity contribution is 5.24. The van der Waals surface area contributed by atoms with E-state index in [1.54, 1.807) is 0 Å². The van der Waals surface area contributed by atoms with Crippen molar-refractivity contribution in [2.45, 2.75) is 39.2 Å². The van der Waals surface area contributed by atoms with Crippen molar-refractivity contribution in [3.8, 4) is 0 Å². The van der Waals surface area contributed by atoms with Crippen molar-refractivity contribution in [1.82, 2.24) is 10.2 Å². The number of hydrogen-bond donors (Lipinski definition) is 1. The van der Waals surface area contributed by atoms with Crippen molar-refractivity contribution in [1.29, 1.82) is 0 Å². The molecular formula is C17H28N2. The monoisotopic (exact) mass is 260 g/mol. The zero-order valence-electron chi connectivity index (χ0n) is 12.7. The van der Waals surface area contributed by atoms with Crippen LogP contribution in [0.2, 0.25) is 0 Å². The highest BCUT2D eigenvalue weighted by Gasteiger charge is 2.31. The van der Waals surface area contributed by atoms with Gasteiger partial charge in [0.1, 0.15) is 0 Å². The lowest BCUT2D eigenvalue weighted by atomic mass is 9.89. The summed E-state index contributed by atoms with van der Waals surface area (Å²) in [6, 6.07) is 10.9. The van der Waals surface area contributed by atoms with Gasteiger partial charge in [0.15, 0.2) is 0 Å². The highest BCUT2D eigenvalue weighted by Crippen LogP contribution is 2.24. The van der Waals surface area contributed by atoms with Crippen LogP contribution >= 0.6 is 0 Å². The Labute approximate surface area is 118 Å². The lowest BCUT2D eigenvalue weighted by molar-refractivity contribution is 0.139. The first-order valence-electron chi connectivity index (χ1n) is 7.63. The van der Waals surface area contributed by atoms with Crippen LogP contribution < -0.4 is 5.32 Å². The Morgan fingerprint density at radius 2 is 2.00 bits per heavy atom. The SMILES string of the molecule is CC(C)CCCN1CCNC(C)(c2ccccc2)C1. The maximum atomic E-state index is 3.70. The van der Waals surface area contributed by atoms with Crippen LogP contribution in [0.15, 0.2) is 30.3 Å². The van der Waals surface area contributed by atoms with Crippen LogP contribution in [0.25, 0.3) is 0 Å². The molecule has 1 aromatic carbocycles. The summed E-state index contributed by atoms with van der Waals surface area (Å²) in [7, 11) is 0. The van der Waals surface area contributed by atoms with Gasteiger partial charge in [-0.15, -0.1) is 0 Å². The normalized spacial score (nSPS) is 24.8. The predicted octanol–water partition coefficient (Wildman–Crippen LogP) is 3.24. The second-order valence-electron chi connectivity index (χ2n) is 6.44. The largest absolute Gasteiger partial charge is 0.305 e. The zero-order chi connectivity index (χ0) is 13.7. The molecule has 19 heavy (non-hydrogen) atoms. The zero-order valence-corrected chi connectivity index (χ0v) is 12.7. The van der Waals surface area contributed by atoms with Crippen molar-refractivity contribution in [2.24, 2.45) is 5.92 Å². The van der Waals surface area contributed by atoms with E-state index >= 15 is 0 Å². The third-order valence-corrected chi connectivity index (χ3v) is 4.15. The Bertz CT molecular complexity index is 374. The van der Waals surface area contributed by atoms with Crippen molar-refractivity contribution >= 4 is 0 Å². The molecule has 0 bridgehead atoms. The van der Waals surface area contributed by atoms with Crippen LogP contribution in [0.5, 0.6) is 0 Å². The fourth-order valence-corrected chi connectivity index (χ4v) is 2.99. The molecule has 1 heterocycles. The van der Waals surface area contributed by atoms with Gasteiger partial charge in [0, 0.05) is 19.6 Å². The third-order valence-electron chi connectivity index (χ3n) is 4.15. The van der Waals surface area contributed by atoms with Crippen LogP contribution in [0, 0.1) is 5.92 Å². The number of piperazine rings is 1. The van der Waals surface area contributed by atoms with E-state index in [2.05, 4.69) is 61.3 Å². The molecule has 0 saturated carbocycles. The summed E-state index contributed by atoms with van der Waals surface area (Å²) in [5.74, 6) is 0.823. The first-order valence-corrected chi connectivity index (χ1v) is 7.63. The van der Waals surface area contributed by atoms with E-state index < -0.39 is 0 Å².